The summed E-state index contributed by atoms with van der Waals surface area (Å²) in [5.74, 6) is 0.245. The Morgan fingerprint density at radius 1 is 0.871 bits per heavy atom. The van der Waals surface area contributed by atoms with E-state index >= 15 is 0 Å². The second kappa shape index (κ2) is 9.12. The van der Waals surface area contributed by atoms with Gasteiger partial charge >= 0.3 is 0 Å². The zero-order valence-corrected chi connectivity index (χ0v) is 18.3. The lowest BCUT2D eigenvalue weighted by molar-refractivity contribution is -0.132. The first-order valence-corrected chi connectivity index (χ1v) is 11.6. The Morgan fingerprint density at radius 2 is 1.55 bits per heavy atom. The summed E-state index contributed by atoms with van der Waals surface area (Å²) < 4.78 is 0. The van der Waals surface area contributed by atoms with Crippen molar-refractivity contribution in [2.75, 3.05) is 37.6 Å². The molecule has 5 rings (SSSR count). The zero-order valence-electron chi connectivity index (χ0n) is 17.5. The Kier molecular flexibility index (Phi) is 5.91. The first-order chi connectivity index (χ1) is 15.3. The lowest BCUT2D eigenvalue weighted by atomic mass is 10.2. The predicted molar refractivity (Wildman–Crippen MR) is 125 cm³/mol. The van der Waals surface area contributed by atoms with E-state index in [-0.39, 0.29) is 5.91 Å². The molecule has 5 nitrogen and oxygen atoms in total. The molecule has 0 spiro atoms. The highest BCUT2D eigenvalue weighted by Crippen LogP contribution is 2.47. The van der Waals surface area contributed by atoms with Crippen LogP contribution >= 0.6 is 11.8 Å². The van der Waals surface area contributed by atoms with E-state index in [1.165, 1.54) is 26.7 Å². The van der Waals surface area contributed by atoms with Crippen LogP contribution in [-0.2, 0) is 11.3 Å². The predicted octanol–water partition coefficient (Wildman–Crippen LogP) is 4.42. The van der Waals surface area contributed by atoms with Crippen LogP contribution in [0.1, 0.15) is 12.0 Å². The number of piperazine rings is 1. The number of rotatable bonds is 5. The van der Waals surface area contributed by atoms with Gasteiger partial charge in [0, 0.05) is 67.9 Å². The molecular weight excluding hydrogens is 404 g/mol. The third-order valence-corrected chi connectivity index (χ3v) is 7.07. The van der Waals surface area contributed by atoms with Gasteiger partial charge in [-0.3, -0.25) is 14.7 Å². The van der Waals surface area contributed by atoms with Crippen molar-refractivity contribution in [3.05, 3.63) is 78.6 Å². The van der Waals surface area contributed by atoms with Gasteiger partial charge in [-0.25, -0.2) is 0 Å². The summed E-state index contributed by atoms with van der Waals surface area (Å²) in [5.41, 5.74) is 3.61. The fraction of sp³-hybridized carbons (Fsp3) is 0.280. The van der Waals surface area contributed by atoms with E-state index in [1.807, 2.05) is 17.2 Å². The summed E-state index contributed by atoms with van der Waals surface area (Å²) in [6.07, 6.45) is 4.25. The largest absolute Gasteiger partial charge is 0.340 e. The summed E-state index contributed by atoms with van der Waals surface area (Å²) >= 11 is 1.80. The number of aromatic nitrogens is 1. The molecular formula is C25H26N4OS. The van der Waals surface area contributed by atoms with Gasteiger partial charge in [0.2, 0.25) is 5.91 Å². The lowest BCUT2D eigenvalue weighted by Gasteiger charge is -2.36. The fourth-order valence-electron chi connectivity index (χ4n) is 4.29. The molecule has 158 valence electrons. The smallest absolute Gasteiger partial charge is 0.224 e. The average Bonchev–Trinajstić information content (AvgIpc) is 2.82. The number of hydrogen-bond acceptors (Lipinski definition) is 5. The number of pyridine rings is 1. The maximum Gasteiger partial charge on any atom is 0.224 e. The molecule has 0 atom stereocenters. The number of anilines is 2. The van der Waals surface area contributed by atoms with E-state index in [4.69, 9.17) is 0 Å². The zero-order chi connectivity index (χ0) is 21.0. The molecule has 1 fully saturated rings. The highest BCUT2D eigenvalue weighted by atomic mass is 32.2. The van der Waals surface area contributed by atoms with Crippen molar-refractivity contribution >= 4 is 29.0 Å². The standard InChI is InChI=1S/C25H26N4OS/c30-25(28-16-14-27(15-17-28)19-20-6-5-12-26-18-20)11-13-29-21-7-1-3-9-23(21)31-24-10-4-2-8-22(24)29/h1-10,12,18H,11,13-17,19H2. The minimum Gasteiger partial charge on any atom is -0.340 e. The Hall–Kier alpha value is -2.83. The van der Waals surface area contributed by atoms with Crippen LogP contribution < -0.4 is 4.90 Å². The van der Waals surface area contributed by atoms with Gasteiger partial charge in [0.15, 0.2) is 0 Å². The number of carbonyl (C=O) groups is 1. The van der Waals surface area contributed by atoms with Crippen LogP contribution in [0.15, 0.2) is 82.8 Å². The van der Waals surface area contributed by atoms with Crippen molar-refractivity contribution in [1.29, 1.82) is 0 Å². The summed E-state index contributed by atoms with van der Waals surface area (Å²) in [6, 6.07) is 21.0. The number of benzene rings is 2. The van der Waals surface area contributed by atoms with Gasteiger partial charge in [-0.2, -0.15) is 0 Å². The number of hydrogen-bond donors (Lipinski definition) is 0. The Balaban J connectivity index is 1.20. The SMILES string of the molecule is O=C(CCN1c2ccccc2Sc2ccccc21)N1CCN(Cc2cccnc2)CC1. The quantitative estimate of drug-likeness (QED) is 0.599. The summed E-state index contributed by atoms with van der Waals surface area (Å²) in [5, 5.41) is 0. The van der Waals surface area contributed by atoms with Crippen molar-refractivity contribution in [2.45, 2.75) is 22.8 Å². The van der Waals surface area contributed by atoms with Crippen LogP contribution in [0.3, 0.4) is 0 Å². The first kappa shape index (κ1) is 20.1. The third-order valence-electron chi connectivity index (χ3n) is 5.94. The van der Waals surface area contributed by atoms with Crippen LogP contribution in [0.25, 0.3) is 0 Å². The van der Waals surface area contributed by atoms with Crippen molar-refractivity contribution in [3.8, 4) is 0 Å². The molecule has 2 aliphatic heterocycles. The first-order valence-electron chi connectivity index (χ1n) is 10.8. The fourth-order valence-corrected chi connectivity index (χ4v) is 5.39. The number of carbonyl (C=O) groups excluding carboxylic acids is 1. The molecule has 0 N–H and O–H groups in total. The van der Waals surface area contributed by atoms with Crippen LogP contribution in [0.4, 0.5) is 11.4 Å². The van der Waals surface area contributed by atoms with E-state index in [1.54, 1.807) is 18.0 Å². The molecule has 0 bridgehead atoms. The highest BCUT2D eigenvalue weighted by Gasteiger charge is 2.25. The molecule has 0 radical (unpaired) electrons. The van der Waals surface area contributed by atoms with E-state index in [9.17, 15) is 4.79 Å². The van der Waals surface area contributed by atoms with Gasteiger partial charge in [-0.05, 0) is 35.9 Å². The van der Waals surface area contributed by atoms with Crippen LogP contribution in [0.5, 0.6) is 0 Å². The molecule has 0 aliphatic carbocycles. The Morgan fingerprint density at radius 3 is 2.19 bits per heavy atom. The van der Waals surface area contributed by atoms with Gasteiger partial charge < -0.3 is 9.80 Å². The van der Waals surface area contributed by atoms with Crippen molar-refractivity contribution in [1.82, 2.24) is 14.8 Å². The highest BCUT2D eigenvalue weighted by molar-refractivity contribution is 7.99. The molecule has 1 saturated heterocycles. The topological polar surface area (TPSA) is 39.7 Å². The van der Waals surface area contributed by atoms with Crippen LogP contribution in [0.2, 0.25) is 0 Å². The monoisotopic (exact) mass is 430 g/mol. The second-order valence-electron chi connectivity index (χ2n) is 7.96. The van der Waals surface area contributed by atoms with Gasteiger partial charge in [-0.1, -0.05) is 42.1 Å². The number of para-hydroxylation sites is 2. The molecule has 0 saturated carbocycles. The lowest BCUT2D eigenvalue weighted by Crippen LogP contribution is -2.48. The normalized spacial score (nSPS) is 16.0. The van der Waals surface area contributed by atoms with Crippen LogP contribution in [-0.4, -0.2) is 53.4 Å². The molecule has 31 heavy (non-hydrogen) atoms. The molecule has 3 heterocycles. The van der Waals surface area contributed by atoms with E-state index < -0.39 is 0 Å². The average molecular weight is 431 g/mol. The molecule has 3 aromatic rings. The molecule has 1 amide bonds. The summed E-state index contributed by atoms with van der Waals surface area (Å²) in [6.45, 7) is 5.00. The van der Waals surface area contributed by atoms with Crippen molar-refractivity contribution in [3.63, 3.8) is 0 Å². The molecule has 0 unspecified atom stereocenters. The minimum absolute atomic E-state index is 0.245. The second-order valence-corrected chi connectivity index (χ2v) is 9.04. The molecule has 6 heteroatoms. The van der Waals surface area contributed by atoms with Gasteiger partial charge in [0.25, 0.3) is 0 Å². The molecule has 2 aliphatic rings. The van der Waals surface area contributed by atoms with Crippen LogP contribution in [0, 0.1) is 0 Å². The number of nitrogens with zero attached hydrogens (tertiary/aromatic N) is 4. The van der Waals surface area contributed by atoms with Gasteiger partial charge in [0.05, 0.1) is 11.4 Å². The van der Waals surface area contributed by atoms with E-state index in [0.717, 1.165) is 32.7 Å². The number of amides is 1. The van der Waals surface area contributed by atoms with Crippen molar-refractivity contribution in [2.24, 2.45) is 0 Å². The molecule has 2 aromatic carbocycles. The van der Waals surface area contributed by atoms with Gasteiger partial charge in [0.1, 0.15) is 0 Å². The Bertz CT molecular complexity index is 1000. The minimum atomic E-state index is 0.245. The number of fused-ring (bicyclic) bond motifs is 2. The summed E-state index contributed by atoms with van der Waals surface area (Å²) in [4.78, 5) is 26.4. The maximum absolute atomic E-state index is 13.0. The summed E-state index contributed by atoms with van der Waals surface area (Å²) in [7, 11) is 0. The maximum atomic E-state index is 13.0. The van der Waals surface area contributed by atoms with E-state index in [0.29, 0.717) is 13.0 Å². The van der Waals surface area contributed by atoms with Gasteiger partial charge in [-0.15, -0.1) is 0 Å². The third kappa shape index (κ3) is 4.45. The Labute approximate surface area is 187 Å². The van der Waals surface area contributed by atoms with E-state index in [2.05, 4.69) is 69.4 Å². The van der Waals surface area contributed by atoms with Crippen molar-refractivity contribution < 1.29 is 4.79 Å². The molecule has 1 aromatic heterocycles.